The SMILES string of the molecule is [C-]#[N+]c1cnn(C)c1Br. The molecular formula is C5H4BrN3. The molecule has 1 aromatic rings. The van der Waals surface area contributed by atoms with Crippen molar-refractivity contribution in [2.45, 2.75) is 0 Å². The highest BCUT2D eigenvalue weighted by atomic mass is 79.9. The number of halogens is 1. The minimum atomic E-state index is 0.553. The third-order valence-electron chi connectivity index (χ3n) is 0.969. The van der Waals surface area contributed by atoms with E-state index in [-0.39, 0.29) is 0 Å². The molecule has 0 N–H and O–H groups in total. The zero-order chi connectivity index (χ0) is 6.85. The number of aryl methyl sites for hydroxylation is 1. The largest absolute Gasteiger partial charge is 0.273 e. The Bertz CT molecular complexity index is 258. The molecule has 0 saturated carbocycles. The summed E-state index contributed by atoms with van der Waals surface area (Å²) in [6.45, 7) is 6.64. The fourth-order valence-electron chi connectivity index (χ4n) is 0.486. The van der Waals surface area contributed by atoms with Crippen molar-refractivity contribution in [2.75, 3.05) is 0 Å². The van der Waals surface area contributed by atoms with Crippen LogP contribution in [0.3, 0.4) is 0 Å². The second-order valence-electron chi connectivity index (χ2n) is 1.56. The van der Waals surface area contributed by atoms with Crippen LogP contribution in [0.15, 0.2) is 10.8 Å². The standard InChI is InChI=1S/C5H4BrN3/c1-7-4-3-8-9(2)5(4)6/h3H,2H3. The molecule has 1 rings (SSSR count). The van der Waals surface area contributed by atoms with Gasteiger partial charge >= 0.3 is 0 Å². The van der Waals surface area contributed by atoms with Crippen LogP contribution < -0.4 is 0 Å². The zero-order valence-electron chi connectivity index (χ0n) is 4.80. The summed E-state index contributed by atoms with van der Waals surface area (Å²) in [5, 5.41) is 3.84. The van der Waals surface area contributed by atoms with E-state index in [2.05, 4.69) is 25.9 Å². The van der Waals surface area contributed by atoms with Gasteiger partial charge in [0, 0.05) is 7.05 Å². The van der Waals surface area contributed by atoms with Gasteiger partial charge in [-0.1, -0.05) is 0 Å². The van der Waals surface area contributed by atoms with E-state index in [4.69, 9.17) is 6.57 Å². The van der Waals surface area contributed by atoms with Gasteiger partial charge in [-0.3, -0.25) is 4.68 Å². The zero-order valence-corrected chi connectivity index (χ0v) is 6.38. The van der Waals surface area contributed by atoms with Crippen LogP contribution in [0, 0.1) is 6.57 Å². The number of aromatic nitrogens is 2. The van der Waals surface area contributed by atoms with Gasteiger partial charge in [-0.15, -0.1) is 0 Å². The number of hydrogen-bond acceptors (Lipinski definition) is 1. The van der Waals surface area contributed by atoms with Gasteiger partial charge in [-0.25, -0.2) is 4.85 Å². The molecule has 1 heterocycles. The number of hydrogen-bond donors (Lipinski definition) is 0. The van der Waals surface area contributed by atoms with Crippen molar-refractivity contribution in [2.24, 2.45) is 7.05 Å². The van der Waals surface area contributed by atoms with Crippen LogP contribution in [0.2, 0.25) is 0 Å². The first-order valence-corrected chi connectivity index (χ1v) is 3.10. The Hall–Kier alpha value is -0.820. The summed E-state index contributed by atoms with van der Waals surface area (Å²) in [5.41, 5.74) is 0.553. The Labute approximate surface area is 61.2 Å². The highest BCUT2D eigenvalue weighted by Gasteiger charge is 2.01. The minimum Gasteiger partial charge on any atom is -0.273 e. The molecule has 0 unspecified atom stereocenters. The van der Waals surface area contributed by atoms with Crippen LogP contribution in [0.5, 0.6) is 0 Å². The Morgan fingerprint density at radius 1 is 1.89 bits per heavy atom. The predicted molar refractivity (Wildman–Crippen MR) is 37.2 cm³/mol. The summed E-state index contributed by atoms with van der Waals surface area (Å²) in [7, 11) is 1.78. The molecule has 1 aromatic heterocycles. The second kappa shape index (κ2) is 2.19. The van der Waals surface area contributed by atoms with E-state index in [0.29, 0.717) is 5.69 Å². The van der Waals surface area contributed by atoms with Crippen molar-refractivity contribution in [3.05, 3.63) is 22.2 Å². The molecule has 9 heavy (non-hydrogen) atoms. The van der Waals surface area contributed by atoms with Crippen molar-refractivity contribution in [3.8, 4) is 0 Å². The van der Waals surface area contributed by atoms with Crippen LogP contribution in [-0.4, -0.2) is 9.78 Å². The molecule has 0 atom stereocenters. The first-order chi connectivity index (χ1) is 4.25. The lowest BCUT2D eigenvalue weighted by atomic mass is 10.6. The first-order valence-electron chi connectivity index (χ1n) is 2.30. The van der Waals surface area contributed by atoms with Crippen LogP contribution in [0.25, 0.3) is 4.85 Å². The predicted octanol–water partition coefficient (Wildman–Crippen LogP) is 1.73. The molecule has 0 fully saturated rings. The van der Waals surface area contributed by atoms with Gasteiger partial charge in [0.2, 0.25) is 5.69 Å². The molecule has 0 saturated heterocycles. The molecule has 0 amide bonds. The number of nitrogens with zero attached hydrogens (tertiary/aromatic N) is 3. The van der Waals surface area contributed by atoms with E-state index in [1.165, 1.54) is 6.20 Å². The van der Waals surface area contributed by atoms with E-state index in [1.807, 2.05) is 0 Å². The van der Waals surface area contributed by atoms with Gasteiger partial charge in [0.1, 0.15) is 4.60 Å². The van der Waals surface area contributed by atoms with Gasteiger partial charge in [0.15, 0.2) is 0 Å². The normalized spacial score (nSPS) is 9.00. The third-order valence-corrected chi connectivity index (χ3v) is 1.89. The quantitative estimate of drug-likeness (QED) is 0.565. The average molecular weight is 186 g/mol. The van der Waals surface area contributed by atoms with Crippen molar-refractivity contribution in [1.29, 1.82) is 0 Å². The average Bonchev–Trinajstić information content (AvgIpc) is 2.15. The summed E-state index contributed by atoms with van der Waals surface area (Å²) in [5.74, 6) is 0. The highest BCUT2D eigenvalue weighted by molar-refractivity contribution is 9.10. The van der Waals surface area contributed by atoms with Crippen LogP contribution in [-0.2, 0) is 7.05 Å². The van der Waals surface area contributed by atoms with Gasteiger partial charge in [0.05, 0.1) is 12.8 Å². The molecule has 0 aromatic carbocycles. The Balaban J connectivity index is 3.24. The van der Waals surface area contributed by atoms with Crippen LogP contribution >= 0.6 is 15.9 Å². The molecular weight excluding hydrogens is 182 g/mol. The van der Waals surface area contributed by atoms with E-state index >= 15 is 0 Å². The van der Waals surface area contributed by atoms with Gasteiger partial charge in [-0.05, 0) is 15.9 Å². The fraction of sp³-hybridized carbons (Fsp3) is 0.200. The molecule has 46 valence electrons. The Morgan fingerprint density at radius 3 is 2.78 bits per heavy atom. The Kier molecular flexibility index (Phi) is 1.54. The number of rotatable bonds is 0. The smallest absolute Gasteiger partial charge is 0.238 e. The second-order valence-corrected chi connectivity index (χ2v) is 2.31. The maximum atomic E-state index is 6.64. The molecule has 4 heteroatoms. The summed E-state index contributed by atoms with van der Waals surface area (Å²) in [4.78, 5) is 3.21. The molecule has 0 aliphatic heterocycles. The summed E-state index contributed by atoms with van der Waals surface area (Å²) < 4.78 is 2.34. The van der Waals surface area contributed by atoms with E-state index in [0.717, 1.165) is 4.60 Å². The molecule has 0 radical (unpaired) electrons. The first kappa shape index (κ1) is 6.30. The summed E-state index contributed by atoms with van der Waals surface area (Å²) in [6, 6.07) is 0. The van der Waals surface area contributed by atoms with Crippen molar-refractivity contribution >= 4 is 21.6 Å². The fourth-order valence-corrected chi connectivity index (χ4v) is 0.769. The third kappa shape index (κ3) is 0.958. The maximum absolute atomic E-state index is 6.64. The van der Waals surface area contributed by atoms with Gasteiger partial charge in [-0.2, -0.15) is 5.10 Å². The lowest BCUT2D eigenvalue weighted by Gasteiger charge is -1.88. The van der Waals surface area contributed by atoms with Gasteiger partial charge in [0.25, 0.3) is 0 Å². The molecule has 0 spiro atoms. The summed E-state index contributed by atoms with van der Waals surface area (Å²) >= 11 is 3.20. The monoisotopic (exact) mass is 185 g/mol. The Morgan fingerprint density at radius 2 is 2.56 bits per heavy atom. The van der Waals surface area contributed by atoms with E-state index < -0.39 is 0 Å². The lowest BCUT2D eigenvalue weighted by Crippen LogP contribution is -1.87. The molecule has 3 nitrogen and oxygen atoms in total. The van der Waals surface area contributed by atoms with Crippen molar-refractivity contribution in [3.63, 3.8) is 0 Å². The van der Waals surface area contributed by atoms with Crippen molar-refractivity contribution < 1.29 is 0 Å². The summed E-state index contributed by atoms with van der Waals surface area (Å²) in [6.07, 6.45) is 1.52. The maximum Gasteiger partial charge on any atom is 0.238 e. The molecule has 0 bridgehead atoms. The van der Waals surface area contributed by atoms with E-state index in [9.17, 15) is 0 Å². The van der Waals surface area contributed by atoms with Gasteiger partial charge < -0.3 is 0 Å². The highest BCUT2D eigenvalue weighted by Crippen LogP contribution is 2.22. The lowest BCUT2D eigenvalue weighted by molar-refractivity contribution is 0.750. The van der Waals surface area contributed by atoms with Crippen LogP contribution in [0.4, 0.5) is 5.69 Å². The minimum absolute atomic E-state index is 0.553. The van der Waals surface area contributed by atoms with Crippen molar-refractivity contribution in [1.82, 2.24) is 9.78 Å². The molecule has 0 aliphatic rings. The van der Waals surface area contributed by atoms with E-state index in [1.54, 1.807) is 11.7 Å². The topological polar surface area (TPSA) is 22.2 Å². The van der Waals surface area contributed by atoms with Crippen LogP contribution in [0.1, 0.15) is 0 Å². The molecule has 0 aliphatic carbocycles.